The average Bonchev–Trinajstić information content (AvgIpc) is 3.73. The first kappa shape index (κ1) is 37.8. The molecular weight excluding hydrogens is 783 g/mol. The van der Waals surface area contributed by atoms with Crippen LogP contribution >= 0.6 is 0 Å². The lowest BCUT2D eigenvalue weighted by molar-refractivity contribution is 0.660. The van der Waals surface area contributed by atoms with Crippen molar-refractivity contribution >= 4 is 60.2 Å². The van der Waals surface area contributed by atoms with Crippen molar-refractivity contribution in [1.29, 1.82) is 0 Å². The van der Waals surface area contributed by atoms with Crippen molar-refractivity contribution in [3.8, 4) is 44.5 Å². The van der Waals surface area contributed by atoms with Crippen molar-refractivity contribution in [2.45, 2.75) is 38.5 Å². The SMILES string of the molecule is CC1(C)c2ccccc2-c2c1ccc1c(-c3c4ccccc4c(-c4ccc(N(c5ccccc5)c5ccc6ccccc6c5)cc4)c4ccccc34)cc3c(c21)-c1ccccc1C3(C)C. The van der Waals surface area contributed by atoms with Gasteiger partial charge in [-0.25, -0.2) is 0 Å². The molecule has 308 valence electrons. The maximum atomic E-state index is 2.57. The number of fused-ring (bicyclic) bond motifs is 12. The molecule has 2 aliphatic rings. The van der Waals surface area contributed by atoms with Crippen LogP contribution in [-0.4, -0.2) is 0 Å². The molecule has 2 aliphatic carbocycles. The highest BCUT2D eigenvalue weighted by molar-refractivity contribution is 6.26. The molecule has 0 fully saturated rings. The van der Waals surface area contributed by atoms with Gasteiger partial charge in [0.1, 0.15) is 0 Å². The van der Waals surface area contributed by atoms with Crippen LogP contribution in [0.5, 0.6) is 0 Å². The van der Waals surface area contributed by atoms with Crippen molar-refractivity contribution in [1.82, 2.24) is 0 Å². The number of nitrogens with zero attached hydrogens (tertiary/aromatic N) is 1. The van der Waals surface area contributed by atoms with Gasteiger partial charge in [0, 0.05) is 27.9 Å². The molecule has 0 spiro atoms. The average molecular weight is 830 g/mol. The van der Waals surface area contributed by atoms with Crippen LogP contribution in [0, 0.1) is 0 Å². The van der Waals surface area contributed by atoms with Gasteiger partial charge < -0.3 is 4.90 Å². The zero-order chi connectivity index (χ0) is 43.6. The third-order valence-corrected chi connectivity index (χ3v) is 15.0. The number of benzene rings is 11. The zero-order valence-electron chi connectivity index (χ0n) is 37.2. The molecule has 0 saturated heterocycles. The molecule has 0 N–H and O–H groups in total. The second-order valence-corrected chi connectivity index (χ2v) is 19.2. The van der Waals surface area contributed by atoms with E-state index < -0.39 is 0 Å². The van der Waals surface area contributed by atoms with Gasteiger partial charge in [-0.2, -0.15) is 0 Å². The summed E-state index contributed by atoms with van der Waals surface area (Å²) < 4.78 is 0. The summed E-state index contributed by atoms with van der Waals surface area (Å²) in [6.45, 7) is 9.66. The Morgan fingerprint density at radius 1 is 0.292 bits per heavy atom. The Morgan fingerprint density at radius 3 is 1.43 bits per heavy atom. The van der Waals surface area contributed by atoms with E-state index in [1.165, 1.54) is 110 Å². The summed E-state index contributed by atoms with van der Waals surface area (Å²) in [5, 5.41) is 10.2. The van der Waals surface area contributed by atoms with Crippen LogP contribution < -0.4 is 4.90 Å². The van der Waals surface area contributed by atoms with E-state index in [4.69, 9.17) is 0 Å². The number of rotatable bonds is 5. The summed E-state index contributed by atoms with van der Waals surface area (Å²) in [4.78, 5) is 2.37. The number of para-hydroxylation sites is 1. The molecule has 0 bridgehead atoms. The third kappa shape index (κ3) is 5.39. The fraction of sp³-hybridized carbons (Fsp3) is 0.0938. The van der Waals surface area contributed by atoms with E-state index in [9.17, 15) is 0 Å². The summed E-state index contributed by atoms with van der Waals surface area (Å²) in [6.07, 6.45) is 0. The molecule has 0 atom stereocenters. The van der Waals surface area contributed by atoms with Gasteiger partial charge in [-0.3, -0.25) is 0 Å². The smallest absolute Gasteiger partial charge is 0.0468 e. The molecule has 65 heavy (non-hydrogen) atoms. The van der Waals surface area contributed by atoms with Gasteiger partial charge in [-0.15, -0.1) is 0 Å². The van der Waals surface area contributed by atoms with E-state index in [0.717, 1.165) is 17.1 Å². The van der Waals surface area contributed by atoms with Gasteiger partial charge in [-0.05, 0) is 152 Å². The van der Waals surface area contributed by atoms with Gasteiger partial charge in [0.25, 0.3) is 0 Å². The van der Waals surface area contributed by atoms with Gasteiger partial charge in [0.15, 0.2) is 0 Å². The standard InChI is InChI=1S/C64H47N/c1-63(2)54-28-16-14-26-51(54)60-56(63)37-36-50-53(39-57-61(62(50)60)52-27-15-17-29-55(52)64(57,3)4)59-48-24-12-10-22-46(48)58(47-23-11-13-25-49(47)59)41-31-33-44(34-32-41)65(43-20-6-5-7-21-43)45-35-30-40-18-8-9-19-42(40)38-45/h5-39H,1-4H3. The Hall–Kier alpha value is -7.74. The zero-order valence-corrected chi connectivity index (χ0v) is 37.2. The monoisotopic (exact) mass is 829 g/mol. The van der Waals surface area contributed by atoms with Crippen molar-refractivity contribution in [3.63, 3.8) is 0 Å². The number of anilines is 3. The van der Waals surface area contributed by atoms with E-state index in [1.54, 1.807) is 0 Å². The van der Waals surface area contributed by atoms with Crippen LogP contribution in [0.15, 0.2) is 212 Å². The first-order chi connectivity index (χ1) is 31.8. The quantitative estimate of drug-likeness (QED) is 0.156. The fourth-order valence-corrected chi connectivity index (χ4v) is 11.9. The molecule has 11 aromatic rings. The maximum absolute atomic E-state index is 2.57. The minimum Gasteiger partial charge on any atom is -0.310 e. The Balaban J connectivity index is 1.06. The molecule has 0 amide bonds. The molecule has 1 nitrogen and oxygen atoms in total. The van der Waals surface area contributed by atoms with Crippen molar-refractivity contribution in [2.75, 3.05) is 4.90 Å². The minimum absolute atomic E-state index is 0.110. The summed E-state index contributed by atoms with van der Waals surface area (Å²) in [5.41, 5.74) is 19.3. The molecule has 1 heteroatoms. The molecule has 0 unspecified atom stereocenters. The highest BCUT2D eigenvalue weighted by atomic mass is 15.1. The van der Waals surface area contributed by atoms with E-state index in [0.29, 0.717) is 0 Å². The fourth-order valence-electron chi connectivity index (χ4n) is 11.9. The minimum atomic E-state index is -0.182. The van der Waals surface area contributed by atoms with Crippen LogP contribution in [0.1, 0.15) is 49.9 Å². The Morgan fingerprint density at radius 2 is 0.785 bits per heavy atom. The molecule has 0 aliphatic heterocycles. The van der Waals surface area contributed by atoms with Crippen LogP contribution in [0.2, 0.25) is 0 Å². The summed E-state index contributed by atoms with van der Waals surface area (Å²) in [7, 11) is 0. The molecule has 11 aromatic carbocycles. The lowest BCUT2D eigenvalue weighted by Gasteiger charge is -2.26. The summed E-state index contributed by atoms with van der Waals surface area (Å²) in [5.74, 6) is 0. The highest BCUT2D eigenvalue weighted by Crippen LogP contribution is 2.60. The molecule has 0 saturated carbocycles. The Bertz CT molecular complexity index is 3680. The molecule has 0 heterocycles. The van der Waals surface area contributed by atoms with Gasteiger partial charge in [0.2, 0.25) is 0 Å². The largest absolute Gasteiger partial charge is 0.310 e. The molecular formula is C64H47N. The lowest BCUT2D eigenvalue weighted by Crippen LogP contribution is -2.15. The summed E-state index contributed by atoms with van der Waals surface area (Å²) >= 11 is 0. The lowest BCUT2D eigenvalue weighted by atomic mass is 9.77. The second kappa shape index (κ2) is 13.9. The Kier molecular flexibility index (Phi) is 8.07. The van der Waals surface area contributed by atoms with Crippen molar-refractivity contribution < 1.29 is 0 Å². The normalized spacial score (nSPS) is 14.1. The van der Waals surface area contributed by atoms with Crippen LogP contribution in [0.3, 0.4) is 0 Å². The highest BCUT2D eigenvalue weighted by Gasteiger charge is 2.42. The van der Waals surface area contributed by atoms with Crippen molar-refractivity contribution in [3.05, 3.63) is 235 Å². The van der Waals surface area contributed by atoms with Crippen LogP contribution in [0.4, 0.5) is 17.1 Å². The summed E-state index contributed by atoms with van der Waals surface area (Å²) in [6, 6.07) is 79.3. The van der Waals surface area contributed by atoms with Crippen LogP contribution in [0.25, 0.3) is 87.6 Å². The van der Waals surface area contributed by atoms with Gasteiger partial charge in [0.05, 0.1) is 0 Å². The van der Waals surface area contributed by atoms with Gasteiger partial charge in [-0.1, -0.05) is 198 Å². The Labute approximate surface area is 380 Å². The van der Waals surface area contributed by atoms with E-state index >= 15 is 0 Å². The molecule has 0 aromatic heterocycles. The first-order valence-electron chi connectivity index (χ1n) is 23.0. The van der Waals surface area contributed by atoms with E-state index in [1.807, 2.05) is 0 Å². The van der Waals surface area contributed by atoms with Crippen LogP contribution in [-0.2, 0) is 10.8 Å². The predicted molar refractivity (Wildman–Crippen MR) is 277 cm³/mol. The number of hydrogen-bond acceptors (Lipinski definition) is 1. The molecule has 13 rings (SSSR count). The van der Waals surface area contributed by atoms with Crippen molar-refractivity contribution in [2.24, 2.45) is 0 Å². The maximum Gasteiger partial charge on any atom is 0.0468 e. The predicted octanol–water partition coefficient (Wildman–Crippen LogP) is 17.7. The van der Waals surface area contributed by atoms with E-state index in [-0.39, 0.29) is 10.8 Å². The second-order valence-electron chi connectivity index (χ2n) is 19.2. The van der Waals surface area contributed by atoms with Gasteiger partial charge >= 0.3 is 0 Å². The van der Waals surface area contributed by atoms with E-state index in [2.05, 4.69) is 245 Å². The first-order valence-corrected chi connectivity index (χ1v) is 23.0. The third-order valence-electron chi connectivity index (χ3n) is 15.0. The number of hydrogen-bond donors (Lipinski definition) is 0. The molecule has 0 radical (unpaired) electrons. The topological polar surface area (TPSA) is 3.24 Å².